The molecular formula is C13H20O2S. The van der Waals surface area contributed by atoms with E-state index in [1.165, 1.54) is 25.7 Å². The highest BCUT2D eigenvalue weighted by atomic mass is 32.1. The van der Waals surface area contributed by atoms with Gasteiger partial charge in [0.25, 0.3) is 0 Å². The van der Waals surface area contributed by atoms with Crippen LogP contribution < -0.4 is 9.47 Å². The lowest BCUT2D eigenvalue weighted by atomic mass is 9.93. The first-order valence-electron chi connectivity index (χ1n) is 6.20. The molecule has 0 aromatic carbocycles. The smallest absolute Gasteiger partial charge is 0.172 e. The second-order valence-corrected chi connectivity index (χ2v) is 5.12. The van der Waals surface area contributed by atoms with Crippen molar-refractivity contribution in [1.82, 2.24) is 0 Å². The molecule has 1 aliphatic rings. The van der Waals surface area contributed by atoms with Crippen molar-refractivity contribution in [3.8, 4) is 11.5 Å². The molecule has 16 heavy (non-hydrogen) atoms. The third kappa shape index (κ3) is 2.51. The minimum atomic E-state index is 0.249. The van der Waals surface area contributed by atoms with E-state index < -0.39 is 0 Å². The van der Waals surface area contributed by atoms with Crippen LogP contribution in [0.3, 0.4) is 0 Å². The van der Waals surface area contributed by atoms with Crippen LogP contribution >= 0.6 is 11.3 Å². The Hall–Kier alpha value is -0.700. The van der Waals surface area contributed by atoms with Crippen LogP contribution in [0, 0.1) is 5.92 Å². The van der Waals surface area contributed by atoms with Crippen molar-refractivity contribution in [3.63, 3.8) is 0 Å². The summed E-state index contributed by atoms with van der Waals surface area (Å²) in [6.07, 6.45) is 5.22. The molecule has 0 N–H and O–H groups in total. The summed E-state index contributed by atoms with van der Waals surface area (Å²) < 4.78 is 11.7. The number of fused-ring (bicyclic) bond motifs is 1. The van der Waals surface area contributed by atoms with E-state index in [9.17, 15) is 0 Å². The highest BCUT2D eigenvalue weighted by molar-refractivity contribution is 7.08. The van der Waals surface area contributed by atoms with Crippen molar-refractivity contribution in [2.45, 2.75) is 45.6 Å². The fourth-order valence-corrected chi connectivity index (χ4v) is 2.86. The summed E-state index contributed by atoms with van der Waals surface area (Å²) in [6, 6.07) is 0. The van der Waals surface area contributed by atoms with Gasteiger partial charge >= 0.3 is 0 Å². The van der Waals surface area contributed by atoms with E-state index in [4.69, 9.17) is 9.47 Å². The van der Waals surface area contributed by atoms with Crippen molar-refractivity contribution in [1.29, 1.82) is 0 Å². The van der Waals surface area contributed by atoms with Crippen LogP contribution in [-0.4, -0.2) is 12.7 Å². The lowest BCUT2D eigenvalue weighted by Gasteiger charge is -2.30. The summed E-state index contributed by atoms with van der Waals surface area (Å²) in [6.45, 7) is 5.20. The van der Waals surface area contributed by atoms with Gasteiger partial charge in [-0.3, -0.25) is 0 Å². The summed E-state index contributed by atoms with van der Waals surface area (Å²) in [5.41, 5.74) is 0. The highest BCUT2D eigenvalue weighted by Gasteiger charge is 2.27. The molecule has 2 atom stereocenters. The Morgan fingerprint density at radius 3 is 2.94 bits per heavy atom. The zero-order chi connectivity index (χ0) is 11.4. The molecule has 2 heterocycles. The van der Waals surface area contributed by atoms with Crippen LogP contribution in [0.4, 0.5) is 0 Å². The van der Waals surface area contributed by atoms with Gasteiger partial charge in [0.1, 0.15) is 12.7 Å². The molecule has 2 rings (SSSR count). The number of ether oxygens (including phenoxy) is 2. The quantitative estimate of drug-likeness (QED) is 0.771. The van der Waals surface area contributed by atoms with Crippen molar-refractivity contribution in [2.75, 3.05) is 6.61 Å². The monoisotopic (exact) mass is 240 g/mol. The van der Waals surface area contributed by atoms with Crippen LogP contribution in [0.1, 0.15) is 39.5 Å². The third-order valence-electron chi connectivity index (χ3n) is 3.25. The van der Waals surface area contributed by atoms with E-state index >= 15 is 0 Å². The second kappa shape index (κ2) is 5.58. The van der Waals surface area contributed by atoms with E-state index in [1.54, 1.807) is 11.3 Å². The molecule has 0 amide bonds. The average molecular weight is 240 g/mol. The standard InChI is InChI=1S/C13H20O2S/c1-3-5-6-10(4-2)11-7-14-12-8-16-9-13(12)15-11/h8-11H,3-7H2,1-2H3. The van der Waals surface area contributed by atoms with Crippen molar-refractivity contribution >= 4 is 11.3 Å². The van der Waals surface area contributed by atoms with Crippen molar-refractivity contribution in [2.24, 2.45) is 5.92 Å². The molecule has 2 unspecified atom stereocenters. The van der Waals surface area contributed by atoms with Gasteiger partial charge in [-0.25, -0.2) is 0 Å². The van der Waals surface area contributed by atoms with Crippen LogP contribution in [0.25, 0.3) is 0 Å². The molecule has 90 valence electrons. The third-order valence-corrected chi connectivity index (χ3v) is 3.95. The number of unbranched alkanes of at least 4 members (excludes halogenated alkanes) is 1. The Kier molecular flexibility index (Phi) is 4.10. The zero-order valence-corrected chi connectivity index (χ0v) is 10.9. The molecule has 0 fully saturated rings. The fraction of sp³-hybridized carbons (Fsp3) is 0.692. The molecule has 1 aromatic heterocycles. The van der Waals surface area contributed by atoms with E-state index in [0.717, 1.165) is 11.5 Å². The molecule has 3 heteroatoms. The highest BCUT2D eigenvalue weighted by Crippen LogP contribution is 2.37. The fourth-order valence-electron chi connectivity index (χ4n) is 2.19. The Morgan fingerprint density at radius 1 is 1.38 bits per heavy atom. The van der Waals surface area contributed by atoms with Gasteiger partial charge in [-0.15, -0.1) is 11.3 Å². The maximum Gasteiger partial charge on any atom is 0.172 e. The van der Waals surface area contributed by atoms with Crippen LogP contribution in [0.5, 0.6) is 11.5 Å². The summed E-state index contributed by atoms with van der Waals surface area (Å²) in [5, 5.41) is 4.05. The van der Waals surface area contributed by atoms with Gasteiger partial charge in [0, 0.05) is 10.8 Å². The zero-order valence-electron chi connectivity index (χ0n) is 10.1. The number of thiophene rings is 1. The first-order chi connectivity index (χ1) is 7.85. The summed E-state index contributed by atoms with van der Waals surface area (Å²) >= 11 is 1.64. The predicted molar refractivity (Wildman–Crippen MR) is 67.5 cm³/mol. The number of rotatable bonds is 5. The van der Waals surface area contributed by atoms with Crippen LogP contribution in [0.15, 0.2) is 10.8 Å². The van der Waals surface area contributed by atoms with Gasteiger partial charge in [-0.05, 0) is 18.8 Å². The molecule has 0 spiro atoms. The van der Waals surface area contributed by atoms with Gasteiger partial charge in [-0.1, -0.05) is 26.7 Å². The minimum Gasteiger partial charge on any atom is -0.485 e. The maximum atomic E-state index is 6.01. The first-order valence-corrected chi connectivity index (χ1v) is 7.15. The van der Waals surface area contributed by atoms with Crippen LogP contribution in [-0.2, 0) is 0 Å². The second-order valence-electron chi connectivity index (χ2n) is 4.38. The molecule has 0 saturated carbocycles. The van der Waals surface area contributed by atoms with Gasteiger partial charge < -0.3 is 9.47 Å². The maximum absolute atomic E-state index is 6.01. The molecule has 1 aliphatic heterocycles. The van der Waals surface area contributed by atoms with E-state index in [1.807, 2.05) is 10.8 Å². The molecule has 1 aromatic rings. The van der Waals surface area contributed by atoms with Gasteiger partial charge in [0.2, 0.25) is 0 Å². The predicted octanol–water partition coefficient (Wildman–Crippen LogP) is 4.10. The van der Waals surface area contributed by atoms with Crippen molar-refractivity contribution in [3.05, 3.63) is 10.8 Å². The topological polar surface area (TPSA) is 18.5 Å². The largest absolute Gasteiger partial charge is 0.485 e. The molecule has 0 aliphatic carbocycles. The van der Waals surface area contributed by atoms with E-state index in [2.05, 4.69) is 13.8 Å². The average Bonchev–Trinajstić information content (AvgIpc) is 2.77. The Morgan fingerprint density at radius 2 is 2.19 bits per heavy atom. The summed E-state index contributed by atoms with van der Waals surface area (Å²) in [5.74, 6) is 2.50. The first kappa shape index (κ1) is 11.8. The molecule has 0 radical (unpaired) electrons. The molecular weight excluding hydrogens is 220 g/mol. The van der Waals surface area contributed by atoms with E-state index in [-0.39, 0.29) is 6.10 Å². The summed E-state index contributed by atoms with van der Waals surface area (Å²) in [4.78, 5) is 0. The van der Waals surface area contributed by atoms with E-state index in [0.29, 0.717) is 12.5 Å². The molecule has 0 saturated heterocycles. The molecule has 0 bridgehead atoms. The van der Waals surface area contributed by atoms with Gasteiger partial charge in [0.05, 0.1) is 0 Å². The Balaban J connectivity index is 1.95. The Bertz CT molecular complexity index is 321. The minimum absolute atomic E-state index is 0.249. The lowest BCUT2D eigenvalue weighted by molar-refractivity contribution is 0.0433. The normalized spacial score (nSPS) is 20.8. The summed E-state index contributed by atoms with van der Waals surface area (Å²) in [7, 11) is 0. The number of hydrogen-bond donors (Lipinski definition) is 0. The lowest BCUT2D eigenvalue weighted by Crippen LogP contribution is -2.35. The van der Waals surface area contributed by atoms with Crippen molar-refractivity contribution < 1.29 is 9.47 Å². The van der Waals surface area contributed by atoms with Gasteiger partial charge in [0.15, 0.2) is 11.5 Å². The Labute approximate surface area is 102 Å². The van der Waals surface area contributed by atoms with Gasteiger partial charge in [-0.2, -0.15) is 0 Å². The van der Waals surface area contributed by atoms with Crippen LogP contribution in [0.2, 0.25) is 0 Å². The molecule has 2 nitrogen and oxygen atoms in total. The number of hydrogen-bond acceptors (Lipinski definition) is 3. The SMILES string of the molecule is CCCCC(CC)C1COc2cscc2O1.